The average Bonchev–Trinajstić information content (AvgIpc) is 2.31. The van der Waals surface area contributed by atoms with Gasteiger partial charge in [0.1, 0.15) is 6.61 Å². The molecule has 0 bridgehead atoms. The van der Waals surface area contributed by atoms with Gasteiger partial charge in [-0.25, -0.2) is 0 Å². The molecule has 7 heteroatoms. The van der Waals surface area contributed by atoms with Crippen LogP contribution in [0.5, 0.6) is 12.0 Å². The van der Waals surface area contributed by atoms with Crippen molar-refractivity contribution in [3.63, 3.8) is 0 Å². The minimum atomic E-state index is -0.0305. The zero-order valence-electron chi connectivity index (χ0n) is 13.8. The molecule has 0 atom stereocenters. The topological polar surface area (TPSA) is 86.4 Å². The fraction of sp³-hybridized carbons (Fsp3) is 0.786. The predicted octanol–water partition coefficient (Wildman–Crippen LogP) is 1.74. The van der Waals surface area contributed by atoms with Gasteiger partial charge < -0.3 is 15.2 Å². The average molecular weight is 297 g/mol. The van der Waals surface area contributed by atoms with Crippen molar-refractivity contribution >= 4 is 5.95 Å². The van der Waals surface area contributed by atoms with E-state index >= 15 is 0 Å². The number of ether oxygens (including phenoxy) is 2. The predicted molar refractivity (Wildman–Crippen MR) is 82.5 cm³/mol. The molecule has 0 saturated carbocycles. The number of nitrogens with zero attached hydrogens (tertiary/aromatic N) is 4. The first-order chi connectivity index (χ1) is 9.79. The molecule has 0 spiro atoms. The molecule has 0 aliphatic rings. The van der Waals surface area contributed by atoms with E-state index in [1.54, 1.807) is 0 Å². The first-order valence-electron chi connectivity index (χ1n) is 7.36. The first-order valence-corrected chi connectivity index (χ1v) is 7.36. The molecule has 1 aromatic rings. The van der Waals surface area contributed by atoms with Gasteiger partial charge in [0.25, 0.3) is 0 Å². The molecule has 1 aromatic heterocycles. The van der Waals surface area contributed by atoms with Gasteiger partial charge in [0, 0.05) is 18.6 Å². The third kappa shape index (κ3) is 6.12. The van der Waals surface area contributed by atoms with E-state index in [4.69, 9.17) is 15.2 Å². The number of rotatable bonds is 8. The minimum Gasteiger partial charge on any atom is -0.462 e. The Morgan fingerprint density at radius 2 is 1.52 bits per heavy atom. The Morgan fingerprint density at radius 3 is 2.05 bits per heavy atom. The summed E-state index contributed by atoms with van der Waals surface area (Å²) in [6, 6.07) is 1.30. The summed E-state index contributed by atoms with van der Waals surface area (Å²) in [5.74, 6) is 0.0974. The number of anilines is 1. The Balaban J connectivity index is 2.60. The highest BCUT2D eigenvalue weighted by Gasteiger charge is 2.14. The highest BCUT2D eigenvalue weighted by molar-refractivity contribution is 5.20. The van der Waals surface area contributed by atoms with Crippen molar-refractivity contribution in [3.05, 3.63) is 0 Å². The molecule has 0 unspecified atom stereocenters. The van der Waals surface area contributed by atoms with Crippen LogP contribution >= 0.6 is 0 Å². The lowest BCUT2D eigenvalue weighted by Crippen LogP contribution is -2.39. The second kappa shape index (κ2) is 7.97. The van der Waals surface area contributed by atoms with E-state index in [0.29, 0.717) is 18.7 Å². The van der Waals surface area contributed by atoms with Gasteiger partial charge in [0.15, 0.2) is 0 Å². The molecule has 120 valence electrons. The molecule has 0 fully saturated rings. The summed E-state index contributed by atoms with van der Waals surface area (Å²) in [5.41, 5.74) is 5.63. The molecular formula is C14H27N5O2. The van der Waals surface area contributed by atoms with E-state index in [1.165, 1.54) is 0 Å². The Morgan fingerprint density at radius 1 is 0.952 bits per heavy atom. The van der Waals surface area contributed by atoms with Gasteiger partial charge in [-0.2, -0.15) is 9.97 Å². The molecule has 21 heavy (non-hydrogen) atoms. The summed E-state index contributed by atoms with van der Waals surface area (Å²) in [7, 11) is 0. The van der Waals surface area contributed by atoms with Gasteiger partial charge in [-0.05, 0) is 41.5 Å². The molecule has 0 aliphatic carbocycles. The van der Waals surface area contributed by atoms with Crippen molar-refractivity contribution < 1.29 is 9.47 Å². The van der Waals surface area contributed by atoms with E-state index in [0.717, 1.165) is 6.54 Å². The van der Waals surface area contributed by atoms with Crippen molar-refractivity contribution in [2.24, 2.45) is 0 Å². The van der Waals surface area contributed by atoms with Crippen molar-refractivity contribution in [2.45, 2.75) is 59.7 Å². The van der Waals surface area contributed by atoms with Gasteiger partial charge in [-0.1, -0.05) is 0 Å². The number of hydrogen-bond donors (Lipinski definition) is 1. The maximum absolute atomic E-state index is 5.63. The maximum atomic E-state index is 5.63. The second-order valence-corrected chi connectivity index (χ2v) is 5.70. The highest BCUT2D eigenvalue weighted by atomic mass is 16.5. The van der Waals surface area contributed by atoms with Gasteiger partial charge in [-0.15, -0.1) is 4.98 Å². The largest absolute Gasteiger partial charge is 0.462 e. The summed E-state index contributed by atoms with van der Waals surface area (Å²) in [5, 5.41) is 0. The van der Waals surface area contributed by atoms with Gasteiger partial charge in [-0.3, -0.25) is 4.90 Å². The summed E-state index contributed by atoms with van der Waals surface area (Å²) >= 11 is 0. The number of nitrogen functional groups attached to an aromatic ring is 1. The summed E-state index contributed by atoms with van der Waals surface area (Å²) < 4.78 is 11.0. The van der Waals surface area contributed by atoms with Gasteiger partial charge >= 0.3 is 12.0 Å². The van der Waals surface area contributed by atoms with Crippen LogP contribution in [0.3, 0.4) is 0 Å². The molecule has 1 rings (SSSR count). The van der Waals surface area contributed by atoms with Crippen LogP contribution in [0.2, 0.25) is 0 Å². The highest BCUT2D eigenvalue weighted by Crippen LogP contribution is 2.12. The Kier molecular flexibility index (Phi) is 6.61. The van der Waals surface area contributed by atoms with Crippen LogP contribution in [0, 0.1) is 0 Å². The Hall–Kier alpha value is -1.63. The molecule has 7 nitrogen and oxygen atoms in total. The zero-order valence-corrected chi connectivity index (χ0v) is 13.8. The van der Waals surface area contributed by atoms with Crippen LogP contribution in [-0.2, 0) is 0 Å². The van der Waals surface area contributed by atoms with Crippen LogP contribution in [-0.4, -0.2) is 51.2 Å². The third-order valence-electron chi connectivity index (χ3n) is 2.86. The van der Waals surface area contributed by atoms with Crippen molar-refractivity contribution in [1.29, 1.82) is 0 Å². The lowest BCUT2D eigenvalue weighted by Gasteiger charge is -2.30. The fourth-order valence-electron chi connectivity index (χ4n) is 2.04. The Bertz CT molecular complexity index is 429. The van der Waals surface area contributed by atoms with Crippen LogP contribution in [0.15, 0.2) is 0 Å². The molecule has 1 heterocycles. The van der Waals surface area contributed by atoms with E-state index in [2.05, 4.69) is 47.5 Å². The van der Waals surface area contributed by atoms with Gasteiger partial charge in [0.05, 0.1) is 6.10 Å². The van der Waals surface area contributed by atoms with Crippen molar-refractivity contribution in [3.8, 4) is 12.0 Å². The number of nitrogens with two attached hydrogens (primary N) is 1. The summed E-state index contributed by atoms with van der Waals surface area (Å²) in [6.07, 6.45) is -0.0305. The van der Waals surface area contributed by atoms with E-state index < -0.39 is 0 Å². The van der Waals surface area contributed by atoms with Crippen molar-refractivity contribution in [2.75, 3.05) is 18.9 Å². The number of hydrogen-bond acceptors (Lipinski definition) is 7. The van der Waals surface area contributed by atoms with E-state index in [9.17, 15) is 0 Å². The molecule has 0 radical (unpaired) electrons. The van der Waals surface area contributed by atoms with Crippen molar-refractivity contribution in [1.82, 2.24) is 19.9 Å². The molecule has 2 N–H and O–H groups in total. The smallest absolute Gasteiger partial charge is 0.324 e. The second-order valence-electron chi connectivity index (χ2n) is 5.70. The quantitative estimate of drug-likeness (QED) is 0.782. The Labute approximate surface area is 126 Å². The zero-order chi connectivity index (χ0) is 16.0. The summed E-state index contributed by atoms with van der Waals surface area (Å²) in [6.45, 7) is 13.7. The van der Waals surface area contributed by atoms with Crippen LogP contribution in [0.1, 0.15) is 41.5 Å². The van der Waals surface area contributed by atoms with E-state index in [1.807, 2.05) is 13.8 Å². The molecule has 0 aromatic carbocycles. The SMILES string of the molecule is CC(C)Oc1nc(N)nc(OCCN(C(C)C)C(C)C)n1. The molecule has 0 saturated heterocycles. The van der Waals surface area contributed by atoms with Crippen LogP contribution in [0.4, 0.5) is 5.95 Å². The minimum absolute atomic E-state index is 0.0305. The molecule has 0 aliphatic heterocycles. The lowest BCUT2D eigenvalue weighted by molar-refractivity contribution is 0.136. The standard InChI is InChI=1S/C14H27N5O2/c1-9(2)19(10(3)4)7-8-20-13-16-12(15)17-14(18-13)21-11(5)6/h9-11H,7-8H2,1-6H3,(H2,15,16,17,18). The lowest BCUT2D eigenvalue weighted by atomic mass is 10.2. The van der Waals surface area contributed by atoms with Gasteiger partial charge in [0.2, 0.25) is 5.95 Å². The van der Waals surface area contributed by atoms with E-state index in [-0.39, 0.29) is 24.1 Å². The molecular weight excluding hydrogens is 270 g/mol. The normalized spacial score (nSPS) is 11.7. The summed E-state index contributed by atoms with van der Waals surface area (Å²) in [4.78, 5) is 14.3. The first kappa shape index (κ1) is 17.4. The number of aromatic nitrogens is 3. The fourth-order valence-corrected chi connectivity index (χ4v) is 2.04. The maximum Gasteiger partial charge on any atom is 0.324 e. The van der Waals surface area contributed by atoms with Crippen LogP contribution in [0.25, 0.3) is 0 Å². The van der Waals surface area contributed by atoms with Crippen LogP contribution < -0.4 is 15.2 Å². The molecule has 0 amide bonds. The monoisotopic (exact) mass is 297 g/mol. The third-order valence-corrected chi connectivity index (χ3v) is 2.86.